The number of benzene rings is 1. The summed E-state index contributed by atoms with van der Waals surface area (Å²) in [6.45, 7) is 0. The van der Waals surface area contributed by atoms with Crippen molar-refractivity contribution in [1.29, 1.82) is 0 Å². The Bertz CT molecular complexity index is 420. The van der Waals surface area contributed by atoms with Crippen molar-refractivity contribution in [1.82, 2.24) is 0 Å². The van der Waals surface area contributed by atoms with E-state index in [2.05, 4.69) is 0 Å². The van der Waals surface area contributed by atoms with E-state index in [0.717, 1.165) is 12.1 Å². The summed E-state index contributed by atoms with van der Waals surface area (Å²) in [4.78, 5) is 20.1. The Morgan fingerprint density at radius 3 is 2.47 bits per heavy atom. The van der Waals surface area contributed by atoms with Gasteiger partial charge in [-0.3, -0.25) is 14.9 Å². The maximum Gasteiger partial charge on any atom is 0.300 e. The van der Waals surface area contributed by atoms with Crippen LogP contribution < -0.4 is 0 Å². The van der Waals surface area contributed by atoms with E-state index in [4.69, 9.17) is 0 Å². The maximum atomic E-state index is 13.0. The molecular formula is C8H4F3NO3. The molecular weight excluding hydrogens is 215 g/mol. The van der Waals surface area contributed by atoms with Gasteiger partial charge in [0, 0.05) is 6.07 Å². The fourth-order valence-electron chi connectivity index (χ4n) is 1.02. The molecule has 80 valence electrons. The summed E-state index contributed by atoms with van der Waals surface area (Å²) in [6, 6.07) is 2.47. The van der Waals surface area contributed by atoms with E-state index in [1.807, 2.05) is 0 Å². The lowest BCUT2D eigenvalue weighted by Gasteiger charge is -2.02. The average molecular weight is 219 g/mol. The highest BCUT2D eigenvalue weighted by Gasteiger charge is 2.29. The number of nitrogens with zero attached hydrogens (tertiary/aromatic N) is 1. The summed E-state index contributed by atoms with van der Waals surface area (Å²) < 4.78 is 37.0. The normalized spacial score (nSPS) is 10.4. The molecule has 1 rings (SSSR count). The van der Waals surface area contributed by atoms with Gasteiger partial charge in [-0.05, 0) is 6.07 Å². The molecule has 0 saturated carbocycles. The maximum absolute atomic E-state index is 13.0. The number of hydrogen-bond acceptors (Lipinski definition) is 3. The minimum absolute atomic E-state index is 0.711. The summed E-state index contributed by atoms with van der Waals surface area (Å²) in [5.41, 5.74) is -2.14. The molecule has 4 nitrogen and oxygen atoms in total. The molecule has 0 aliphatic heterocycles. The van der Waals surface area contributed by atoms with Gasteiger partial charge in [0.1, 0.15) is 11.4 Å². The molecule has 0 aliphatic carbocycles. The van der Waals surface area contributed by atoms with Crippen molar-refractivity contribution in [2.45, 2.75) is 6.43 Å². The second-order valence-corrected chi connectivity index (χ2v) is 2.56. The third kappa shape index (κ3) is 2.12. The van der Waals surface area contributed by atoms with Gasteiger partial charge in [-0.15, -0.1) is 0 Å². The molecule has 0 atom stereocenters. The van der Waals surface area contributed by atoms with Crippen LogP contribution in [-0.2, 0) is 0 Å². The number of carbonyl (C=O) groups excluding carboxylic acids is 1. The van der Waals surface area contributed by atoms with E-state index in [1.165, 1.54) is 0 Å². The molecule has 0 spiro atoms. The van der Waals surface area contributed by atoms with Crippen LogP contribution in [0.25, 0.3) is 0 Å². The number of halogens is 3. The van der Waals surface area contributed by atoms with Gasteiger partial charge in [0.25, 0.3) is 5.69 Å². The summed E-state index contributed by atoms with van der Waals surface area (Å²) in [5, 5.41) is 10.3. The SMILES string of the molecule is O=C(c1c(F)cccc1[N+](=O)[O-])C(F)F. The summed E-state index contributed by atoms with van der Waals surface area (Å²) in [6.07, 6.45) is -3.47. The van der Waals surface area contributed by atoms with Crippen molar-refractivity contribution in [2.24, 2.45) is 0 Å². The van der Waals surface area contributed by atoms with Crippen molar-refractivity contribution in [3.63, 3.8) is 0 Å². The molecule has 0 unspecified atom stereocenters. The molecule has 0 N–H and O–H groups in total. The number of hydrogen-bond donors (Lipinski definition) is 0. The summed E-state index contributed by atoms with van der Waals surface area (Å²) in [5.74, 6) is -3.21. The van der Waals surface area contributed by atoms with E-state index < -0.39 is 34.2 Å². The van der Waals surface area contributed by atoms with Crippen molar-refractivity contribution in [3.05, 3.63) is 39.7 Å². The van der Waals surface area contributed by atoms with E-state index in [0.29, 0.717) is 6.07 Å². The summed E-state index contributed by atoms with van der Waals surface area (Å²) >= 11 is 0. The minimum Gasteiger partial charge on any atom is -0.287 e. The highest BCUT2D eigenvalue weighted by molar-refractivity contribution is 6.02. The van der Waals surface area contributed by atoms with Crippen LogP contribution in [0.5, 0.6) is 0 Å². The number of alkyl halides is 2. The molecule has 1 aromatic carbocycles. The Labute approximate surface area is 81.5 Å². The largest absolute Gasteiger partial charge is 0.300 e. The number of nitro benzene ring substituents is 1. The van der Waals surface area contributed by atoms with Crippen molar-refractivity contribution in [3.8, 4) is 0 Å². The van der Waals surface area contributed by atoms with E-state index in [-0.39, 0.29) is 0 Å². The third-order valence-electron chi connectivity index (χ3n) is 1.63. The average Bonchev–Trinajstić information content (AvgIpc) is 2.16. The standard InChI is InChI=1S/C8H4F3NO3/c9-4-2-1-3-5(12(14)15)6(4)7(13)8(10)11/h1-3,8H. The number of rotatable bonds is 3. The van der Waals surface area contributed by atoms with Gasteiger partial charge >= 0.3 is 6.43 Å². The van der Waals surface area contributed by atoms with Gasteiger partial charge in [0.2, 0.25) is 5.78 Å². The Balaban J connectivity index is 3.37. The molecule has 0 fully saturated rings. The number of carbonyl (C=O) groups is 1. The number of nitro groups is 1. The first-order chi connectivity index (χ1) is 6.95. The van der Waals surface area contributed by atoms with Gasteiger partial charge in [0.05, 0.1) is 4.92 Å². The molecule has 0 bridgehead atoms. The molecule has 0 amide bonds. The van der Waals surface area contributed by atoms with Crippen LogP contribution in [0.1, 0.15) is 10.4 Å². The molecule has 7 heteroatoms. The van der Waals surface area contributed by atoms with Crippen LogP contribution in [0.4, 0.5) is 18.9 Å². The molecule has 0 aliphatic rings. The van der Waals surface area contributed by atoms with Crippen LogP contribution in [0.2, 0.25) is 0 Å². The molecule has 15 heavy (non-hydrogen) atoms. The zero-order chi connectivity index (χ0) is 11.6. The van der Waals surface area contributed by atoms with Gasteiger partial charge in [-0.1, -0.05) is 6.07 Å². The highest BCUT2D eigenvalue weighted by atomic mass is 19.3. The smallest absolute Gasteiger partial charge is 0.287 e. The molecule has 0 saturated heterocycles. The quantitative estimate of drug-likeness (QED) is 0.444. The number of ketones is 1. The zero-order valence-corrected chi connectivity index (χ0v) is 7.12. The highest BCUT2D eigenvalue weighted by Crippen LogP contribution is 2.23. The van der Waals surface area contributed by atoms with Crippen molar-refractivity contribution in [2.75, 3.05) is 0 Å². The Morgan fingerprint density at radius 2 is 2.00 bits per heavy atom. The monoisotopic (exact) mass is 219 g/mol. The Kier molecular flexibility index (Phi) is 3.03. The molecule has 0 radical (unpaired) electrons. The lowest BCUT2D eigenvalue weighted by molar-refractivity contribution is -0.385. The van der Waals surface area contributed by atoms with Crippen LogP contribution in [0, 0.1) is 15.9 Å². The number of Topliss-reactive ketones (excluding diaryl/α,β-unsaturated/α-hetero) is 1. The first-order valence-corrected chi connectivity index (χ1v) is 3.70. The molecule has 1 aromatic rings. The Hall–Kier alpha value is -1.92. The van der Waals surface area contributed by atoms with Crippen LogP contribution in [0.3, 0.4) is 0 Å². The van der Waals surface area contributed by atoms with E-state index in [1.54, 1.807) is 0 Å². The molecule has 0 heterocycles. The Morgan fingerprint density at radius 1 is 1.40 bits per heavy atom. The second-order valence-electron chi connectivity index (χ2n) is 2.56. The van der Waals surface area contributed by atoms with Gasteiger partial charge in [0.15, 0.2) is 0 Å². The predicted molar refractivity (Wildman–Crippen MR) is 43.4 cm³/mol. The first-order valence-electron chi connectivity index (χ1n) is 3.70. The second kappa shape index (κ2) is 4.07. The van der Waals surface area contributed by atoms with Gasteiger partial charge in [-0.2, -0.15) is 0 Å². The third-order valence-corrected chi connectivity index (χ3v) is 1.63. The fourth-order valence-corrected chi connectivity index (χ4v) is 1.02. The first kappa shape index (κ1) is 11.2. The van der Waals surface area contributed by atoms with Crippen LogP contribution >= 0.6 is 0 Å². The molecule has 0 aromatic heterocycles. The van der Waals surface area contributed by atoms with E-state index >= 15 is 0 Å². The van der Waals surface area contributed by atoms with Gasteiger partial charge in [-0.25, -0.2) is 13.2 Å². The minimum atomic E-state index is -3.47. The van der Waals surface area contributed by atoms with E-state index in [9.17, 15) is 28.1 Å². The topological polar surface area (TPSA) is 60.2 Å². The summed E-state index contributed by atoms with van der Waals surface area (Å²) in [7, 11) is 0. The lowest BCUT2D eigenvalue weighted by Crippen LogP contribution is -2.14. The zero-order valence-electron chi connectivity index (χ0n) is 7.12. The lowest BCUT2D eigenvalue weighted by atomic mass is 10.1. The van der Waals surface area contributed by atoms with Crippen molar-refractivity contribution < 1.29 is 22.9 Å². The van der Waals surface area contributed by atoms with Gasteiger partial charge < -0.3 is 0 Å². The van der Waals surface area contributed by atoms with Crippen LogP contribution in [-0.4, -0.2) is 17.1 Å². The van der Waals surface area contributed by atoms with Crippen LogP contribution in [0.15, 0.2) is 18.2 Å². The predicted octanol–water partition coefficient (Wildman–Crippen LogP) is 2.18. The fraction of sp³-hybridized carbons (Fsp3) is 0.125. The van der Waals surface area contributed by atoms with Crippen molar-refractivity contribution >= 4 is 11.5 Å².